The molecule has 0 saturated heterocycles. The summed E-state index contributed by atoms with van der Waals surface area (Å²) in [6.07, 6.45) is 0. The number of hydrogen-bond donors (Lipinski definition) is 2. The zero-order chi connectivity index (χ0) is 21.9. The topological polar surface area (TPSA) is 106 Å². The van der Waals surface area contributed by atoms with E-state index >= 15 is 0 Å². The lowest BCUT2D eigenvalue weighted by Gasteiger charge is -2.10. The number of hydrogen-bond acceptors (Lipinski definition) is 4. The number of nitrogens with two attached hydrogens (primary N) is 1. The van der Waals surface area contributed by atoms with Gasteiger partial charge in [0.25, 0.3) is 11.8 Å². The van der Waals surface area contributed by atoms with Gasteiger partial charge in [-0.05, 0) is 35.9 Å². The molecule has 0 aliphatic heterocycles. The van der Waals surface area contributed by atoms with Gasteiger partial charge in [0.2, 0.25) is 0 Å². The average Bonchev–Trinajstić information content (AvgIpc) is 2.70. The zero-order valence-corrected chi connectivity index (χ0v) is 16.2. The van der Waals surface area contributed by atoms with Crippen molar-refractivity contribution in [3.63, 3.8) is 0 Å². The number of nitrogens with one attached hydrogen (secondary N) is 1. The molecule has 30 heavy (non-hydrogen) atoms. The van der Waals surface area contributed by atoms with Crippen molar-refractivity contribution in [1.82, 2.24) is 0 Å². The number of rotatable bonds is 6. The van der Waals surface area contributed by atoms with Crippen molar-refractivity contribution in [2.24, 2.45) is 5.73 Å². The van der Waals surface area contributed by atoms with Crippen LogP contribution in [-0.4, -0.2) is 20.2 Å². The molecule has 154 valence electrons. The van der Waals surface area contributed by atoms with E-state index in [0.717, 1.165) is 6.07 Å². The Morgan fingerprint density at radius 2 is 1.60 bits per heavy atom. The molecule has 0 radical (unpaired) electrons. The molecule has 0 aliphatic rings. The summed E-state index contributed by atoms with van der Waals surface area (Å²) in [6.45, 7) is 0. The van der Waals surface area contributed by atoms with Crippen LogP contribution in [0.15, 0.2) is 71.6 Å². The van der Waals surface area contributed by atoms with Crippen molar-refractivity contribution < 1.29 is 26.8 Å². The Hall–Kier alpha value is -3.59. The monoisotopic (exact) mass is 430 g/mol. The van der Waals surface area contributed by atoms with Gasteiger partial charge in [0, 0.05) is 11.6 Å². The lowest BCUT2D eigenvalue weighted by Crippen LogP contribution is -2.17. The normalized spacial score (nSPS) is 11.1. The highest BCUT2D eigenvalue weighted by atomic mass is 32.2. The average molecular weight is 430 g/mol. The van der Waals surface area contributed by atoms with Crippen molar-refractivity contribution in [3.8, 4) is 0 Å². The van der Waals surface area contributed by atoms with Crippen LogP contribution in [0.3, 0.4) is 0 Å². The molecule has 0 aliphatic carbocycles. The number of halogens is 2. The third kappa shape index (κ3) is 4.69. The van der Waals surface area contributed by atoms with Gasteiger partial charge in [0.15, 0.2) is 9.84 Å². The van der Waals surface area contributed by atoms with Crippen LogP contribution in [0.25, 0.3) is 0 Å². The Bertz CT molecular complexity index is 1230. The third-order valence-corrected chi connectivity index (χ3v) is 5.92. The molecule has 0 atom stereocenters. The second-order valence-corrected chi connectivity index (χ2v) is 8.39. The van der Waals surface area contributed by atoms with Gasteiger partial charge < -0.3 is 11.1 Å². The van der Waals surface area contributed by atoms with Crippen LogP contribution < -0.4 is 11.1 Å². The van der Waals surface area contributed by atoms with E-state index in [0.29, 0.717) is 11.6 Å². The van der Waals surface area contributed by atoms with E-state index in [2.05, 4.69) is 5.32 Å². The van der Waals surface area contributed by atoms with Gasteiger partial charge in [-0.15, -0.1) is 0 Å². The van der Waals surface area contributed by atoms with Crippen molar-refractivity contribution in [2.45, 2.75) is 10.6 Å². The van der Waals surface area contributed by atoms with Gasteiger partial charge in [-0.2, -0.15) is 0 Å². The van der Waals surface area contributed by atoms with Crippen LogP contribution in [0, 0.1) is 11.6 Å². The molecule has 0 saturated carbocycles. The minimum atomic E-state index is -3.63. The predicted octanol–water partition coefficient (Wildman–Crippen LogP) is 3.29. The fraction of sp³-hybridized carbons (Fsp3) is 0.0476. The summed E-state index contributed by atoms with van der Waals surface area (Å²) < 4.78 is 52.6. The van der Waals surface area contributed by atoms with Gasteiger partial charge in [-0.25, -0.2) is 17.2 Å². The fourth-order valence-electron chi connectivity index (χ4n) is 2.76. The smallest absolute Gasteiger partial charge is 0.255 e. The zero-order valence-electron chi connectivity index (χ0n) is 15.4. The molecule has 0 spiro atoms. The first-order chi connectivity index (χ1) is 14.2. The van der Waals surface area contributed by atoms with E-state index in [4.69, 9.17) is 5.73 Å². The van der Waals surface area contributed by atoms with Crippen LogP contribution in [0.5, 0.6) is 0 Å². The molecule has 3 aromatic rings. The van der Waals surface area contributed by atoms with Crippen LogP contribution in [0.2, 0.25) is 0 Å². The highest BCUT2D eigenvalue weighted by Gasteiger charge is 2.18. The third-order valence-electron chi connectivity index (χ3n) is 4.22. The second kappa shape index (κ2) is 8.42. The Morgan fingerprint density at radius 3 is 2.27 bits per heavy atom. The number of amides is 2. The van der Waals surface area contributed by atoms with Crippen molar-refractivity contribution in [2.75, 3.05) is 5.32 Å². The fourth-order valence-corrected chi connectivity index (χ4v) is 4.12. The van der Waals surface area contributed by atoms with Gasteiger partial charge in [0.1, 0.15) is 11.6 Å². The first-order valence-electron chi connectivity index (χ1n) is 8.64. The first kappa shape index (κ1) is 21.1. The lowest BCUT2D eigenvalue weighted by atomic mass is 10.1. The second-order valence-electron chi connectivity index (χ2n) is 6.40. The maximum Gasteiger partial charge on any atom is 0.255 e. The molecule has 0 fully saturated rings. The Balaban J connectivity index is 1.84. The quantitative estimate of drug-likeness (QED) is 0.626. The molecule has 9 heteroatoms. The van der Waals surface area contributed by atoms with Crippen molar-refractivity contribution >= 4 is 27.3 Å². The summed E-state index contributed by atoms with van der Waals surface area (Å²) in [4.78, 5) is 23.9. The van der Waals surface area contributed by atoms with E-state index in [1.165, 1.54) is 30.3 Å². The Kier molecular flexibility index (Phi) is 5.93. The molecule has 0 aromatic heterocycles. The largest absolute Gasteiger partial charge is 0.366 e. The Morgan fingerprint density at radius 1 is 0.900 bits per heavy atom. The van der Waals surface area contributed by atoms with Gasteiger partial charge >= 0.3 is 0 Å². The number of carbonyl (C=O) groups is 2. The minimum Gasteiger partial charge on any atom is -0.366 e. The van der Waals surface area contributed by atoms with Crippen LogP contribution in [0.4, 0.5) is 14.5 Å². The van der Waals surface area contributed by atoms with E-state index in [1.807, 2.05) is 0 Å². The number of sulfone groups is 1. The molecule has 3 rings (SSSR count). The summed E-state index contributed by atoms with van der Waals surface area (Å²) in [5.74, 6) is -4.46. The lowest BCUT2D eigenvalue weighted by molar-refractivity contribution is 0.0992. The Labute approximate surface area is 171 Å². The maximum atomic E-state index is 14.0. The minimum absolute atomic E-state index is 0.0557. The van der Waals surface area contributed by atoms with Crippen LogP contribution >= 0.6 is 0 Å². The van der Waals surface area contributed by atoms with E-state index in [-0.39, 0.29) is 16.2 Å². The molecule has 3 N–H and O–H groups in total. The van der Waals surface area contributed by atoms with Gasteiger partial charge in [-0.3, -0.25) is 9.59 Å². The van der Waals surface area contributed by atoms with Gasteiger partial charge in [-0.1, -0.05) is 30.3 Å². The van der Waals surface area contributed by atoms with Crippen LogP contribution in [-0.2, 0) is 15.6 Å². The predicted molar refractivity (Wildman–Crippen MR) is 107 cm³/mol. The summed E-state index contributed by atoms with van der Waals surface area (Å²) in [5, 5.41) is 2.23. The molecular formula is C21H16F2N2O4S. The highest BCUT2D eigenvalue weighted by molar-refractivity contribution is 7.90. The molecular weight excluding hydrogens is 414 g/mol. The van der Waals surface area contributed by atoms with E-state index in [1.54, 1.807) is 24.3 Å². The number of benzene rings is 3. The highest BCUT2D eigenvalue weighted by Crippen LogP contribution is 2.21. The number of anilines is 1. The summed E-state index contributed by atoms with van der Waals surface area (Å²) in [6, 6.07) is 14.9. The molecule has 6 nitrogen and oxygen atoms in total. The summed E-state index contributed by atoms with van der Waals surface area (Å²) in [7, 11) is -3.63. The summed E-state index contributed by atoms with van der Waals surface area (Å²) >= 11 is 0. The maximum absolute atomic E-state index is 14.0. The van der Waals surface area contributed by atoms with Gasteiger partial charge in [0.05, 0.1) is 21.9 Å². The SMILES string of the molecule is NC(=O)c1cc(NC(=O)c2cccc(CS(=O)(=O)c3ccccc3)c2)c(F)cc1F. The van der Waals surface area contributed by atoms with Crippen molar-refractivity contribution in [1.29, 1.82) is 0 Å². The number of primary amides is 1. The molecule has 0 unspecified atom stereocenters. The van der Waals surface area contributed by atoms with Crippen molar-refractivity contribution in [3.05, 3.63) is 95.1 Å². The summed E-state index contributed by atoms with van der Waals surface area (Å²) in [5.41, 5.74) is 4.43. The molecule has 0 heterocycles. The first-order valence-corrected chi connectivity index (χ1v) is 10.3. The van der Waals surface area contributed by atoms with E-state index < -0.39 is 44.5 Å². The molecule has 2 amide bonds. The van der Waals surface area contributed by atoms with Crippen LogP contribution in [0.1, 0.15) is 26.3 Å². The number of carbonyl (C=O) groups excluding carboxylic acids is 2. The van der Waals surface area contributed by atoms with E-state index in [9.17, 15) is 26.8 Å². The molecule has 0 bridgehead atoms. The molecule has 3 aromatic carbocycles. The standard InChI is InChI=1S/C21H16F2N2O4S/c22-17-11-18(23)19(10-16(17)20(24)26)25-21(27)14-6-4-5-13(9-14)12-30(28,29)15-7-2-1-3-8-15/h1-11H,12H2,(H2,24,26)(H,25,27).